The number of hydrogen-bond donors (Lipinski definition) is 0. The average Bonchev–Trinajstić information content (AvgIpc) is 2.60. The topological polar surface area (TPSA) is 26.3 Å². The normalized spacial score (nSPS) is 52.9. The van der Waals surface area contributed by atoms with Crippen LogP contribution in [0.15, 0.2) is 0 Å². The van der Waals surface area contributed by atoms with Gasteiger partial charge in [0.2, 0.25) is 0 Å². The zero-order valence-electron chi connectivity index (χ0n) is 6.51. The highest BCUT2D eigenvalue weighted by Gasteiger charge is 2.61. The van der Waals surface area contributed by atoms with Gasteiger partial charge < -0.3 is 4.74 Å². The summed E-state index contributed by atoms with van der Waals surface area (Å²) in [6.07, 6.45) is 5.45. The minimum Gasteiger partial charge on any atom is -0.459 e. The van der Waals surface area contributed by atoms with E-state index in [1.165, 1.54) is 12.8 Å². The number of hydrogen-bond acceptors (Lipinski definition) is 2. The monoisotopic (exact) mass is 152 g/mol. The highest BCUT2D eigenvalue weighted by atomic mass is 16.6. The molecule has 60 valence electrons. The van der Waals surface area contributed by atoms with Crippen molar-refractivity contribution in [2.75, 3.05) is 0 Å². The lowest BCUT2D eigenvalue weighted by Crippen LogP contribution is -2.28. The molecule has 0 N–H and O–H groups in total. The SMILES string of the molecule is O=C1CCC2(CC[C@H]3C[C@H]32)O1. The summed E-state index contributed by atoms with van der Waals surface area (Å²) in [6.45, 7) is 0. The smallest absolute Gasteiger partial charge is 0.306 e. The Morgan fingerprint density at radius 1 is 1.45 bits per heavy atom. The van der Waals surface area contributed by atoms with E-state index in [1.54, 1.807) is 0 Å². The fraction of sp³-hybridized carbons (Fsp3) is 0.889. The third-order valence-corrected chi connectivity index (χ3v) is 3.61. The van der Waals surface area contributed by atoms with Crippen molar-refractivity contribution in [3.63, 3.8) is 0 Å². The molecule has 0 radical (unpaired) electrons. The van der Waals surface area contributed by atoms with Gasteiger partial charge in [-0.1, -0.05) is 0 Å². The molecular formula is C9H12O2. The lowest BCUT2D eigenvalue weighted by molar-refractivity contribution is -0.149. The number of carbonyl (C=O) groups excluding carboxylic acids is 1. The average molecular weight is 152 g/mol. The van der Waals surface area contributed by atoms with Gasteiger partial charge in [0.05, 0.1) is 0 Å². The molecule has 2 saturated carbocycles. The van der Waals surface area contributed by atoms with Crippen LogP contribution in [0.1, 0.15) is 32.1 Å². The molecule has 1 unspecified atom stereocenters. The van der Waals surface area contributed by atoms with E-state index in [1.807, 2.05) is 0 Å². The molecular weight excluding hydrogens is 140 g/mol. The fourth-order valence-electron chi connectivity index (χ4n) is 2.91. The van der Waals surface area contributed by atoms with Crippen LogP contribution in [0.4, 0.5) is 0 Å². The van der Waals surface area contributed by atoms with E-state index in [-0.39, 0.29) is 11.6 Å². The Bertz CT molecular complexity index is 224. The Kier molecular flexibility index (Phi) is 0.890. The van der Waals surface area contributed by atoms with E-state index >= 15 is 0 Å². The minimum absolute atomic E-state index is 0.0394. The fourth-order valence-corrected chi connectivity index (χ4v) is 2.91. The van der Waals surface area contributed by atoms with Crippen LogP contribution in [-0.4, -0.2) is 11.6 Å². The standard InChI is InChI=1S/C9H12O2/c10-8-2-4-9(11-8)3-1-6-5-7(6)9/h6-7H,1-5H2/t6-,7+,9?/m0/s1. The number of rotatable bonds is 0. The first-order valence-corrected chi connectivity index (χ1v) is 4.52. The molecule has 0 bridgehead atoms. The Morgan fingerprint density at radius 3 is 2.82 bits per heavy atom. The van der Waals surface area contributed by atoms with Crippen LogP contribution in [0.5, 0.6) is 0 Å². The first-order valence-electron chi connectivity index (χ1n) is 4.52. The Morgan fingerprint density at radius 2 is 2.36 bits per heavy atom. The Labute approximate surface area is 65.9 Å². The van der Waals surface area contributed by atoms with Crippen LogP contribution >= 0.6 is 0 Å². The third-order valence-electron chi connectivity index (χ3n) is 3.61. The predicted octanol–water partition coefficient (Wildman–Crippen LogP) is 1.49. The van der Waals surface area contributed by atoms with Gasteiger partial charge in [-0.05, 0) is 31.6 Å². The van der Waals surface area contributed by atoms with Crippen LogP contribution in [-0.2, 0) is 9.53 Å². The molecule has 2 nitrogen and oxygen atoms in total. The van der Waals surface area contributed by atoms with Crippen molar-refractivity contribution < 1.29 is 9.53 Å². The second kappa shape index (κ2) is 1.62. The van der Waals surface area contributed by atoms with Crippen LogP contribution in [0, 0.1) is 11.8 Å². The Hall–Kier alpha value is -0.530. The van der Waals surface area contributed by atoms with E-state index in [2.05, 4.69) is 0 Å². The lowest BCUT2D eigenvalue weighted by atomic mass is 9.94. The maximum atomic E-state index is 10.9. The predicted molar refractivity (Wildman–Crippen MR) is 38.9 cm³/mol. The lowest BCUT2D eigenvalue weighted by Gasteiger charge is -2.23. The van der Waals surface area contributed by atoms with Crippen molar-refractivity contribution in [3.05, 3.63) is 0 Å². The summed E-state index contributed by atoms with van der Waals surface area (Å²) in [5.74, 6) is 1.72. The van der Waals surface area contributed by atoms with Crippen molar-refractivity contribution in [2.24, 2.45) is 11.8 Å². The second-order valence-corrected chi connectivity index (χ2v) is 4.18. The molecule has 3 atom stereocenters. The molecule has 0 amide bonds. The molecule has 1 spiro atoms. The van der Waals surface area contributed by atoms with Gasteiger partial charge in [-0.25, -0.2) is 0 Å². The third kappa shape index (κ3) is 0.652. The van der Waals surface area contributed by atoms with Crippen LogP contribution < -0.4 is 0 Å². The zero-order chi connectivity index (χ0) is 7.47. The quantitative estimate of drug-likeness (QED) is 0.491. The maximum Gasteiger partial charge on any atom is 0.306 e. The Balaban J connectivity index is 1.89. The summed E-state index contributed by atoms with van der Waals surface area (Å²) >= 11 is 0. The minimum atomic E-state index is 0.0394. The van der Waals surface area contributed by atoms with Gasteiger partial charge >= 0.3 is 5.97 Å². The van der Waals surface area contributed by atoms with Crippen molar-refractivity contribution in [1.82, 2.24) is 0 Å². The number of esters is 1. The van der Waals surface area contributed by atoms with Crippen molar-refractivity contribution in [2.45, 2.75) is 37.7 Å². The summed E-state index contributed by atoms with van der Waals surface area (Å²) in [5, 5.41) is 0. The molecule has 0 aromatic rings. The van der Waals surface area contributed by atoms with E-state index in [9.17, 15) is 4.79 Å². The van der Waals surface area contributed by atoms with E-state index in [0.717, 1.165) is 24.7 Å². The summed E-state index contributed by atoms with van der Waals surface area (Å²) in [4.78, 5) is 10.9. The molecule has 0 aromatic carbocycles. The number of fused-ring (bicyclic) bond motifs is 2. The summed E-state index contributed by atoms with van der Waals surface area (Å²) in [7, 11) is 0. The zero-order valence-corrected chi connectivity index (χ0v) is 6.51. The first-order chi connectivity index (χ1) is 5.30. The molecule has 1 aliphatic heterocycles. The van der Waals surface area contributed by atoms with Gasteiger partial charge in [0.15, 0.2) is 0 Å². The molecule has 0 aromatic heterocycles. The van der Waals surface area contributed by atoms with Crippen molar-refractivity contribution >= 4 is 5.97 Å². The van der Waals surface area contributed by atoms with Crippen LogP contribution in [0.25, 0.3) is 0 Å². The molecule has 1 heterocycles. The highest BCUT2D eigenvalue weighted by molar-refractivity contribution is 5.72. The van der Waals surface area contributed by atoms with Gasteiger partial charge in [-0.2, -0.15) is 0 Å². The molecule has 3 aliphatic rings. The van der Waals surface area contributed by atoms with E-state index < -0.39 is 0 Å². The summed E-state index contributed by atoms with van der Waals surface area (Å²) in [6, 6.07) is 0. The second-order valence-electron chi connectivity index (χ2n) is 4.18. The van der Waals surface area contributed by atoms with Crippen LogP contribution in [0.2, 0.25) is 0 Å². The van der Waals surface area contributed by atoms with Crippen molar-refractivity contribution in [3.8, 4) is 0 Å². The molecule has 3 fully saturated rings. The van der Waals surface area contributed by atoms with Gasteiger partial charge in [-0.15, -0.1) is 0 Å². The largest absolute Gasteiger partial charge is 0.459 e. The van der Waals surface area contributed by atoms with Gasteiger partial charge in [0, 0.05) is 12.3 Å². The molecule has 2 heteroatoms. The number of ether oxygens (including phenoxy) is 1. The number of carbonyl (C=O) groups is 1. The highest BCUT2D eigenvalue weighted by Crippen LogP contribution is 2.62. The molecule has 1 saturated heterocycles. The van der Waals surface area contributed by atoms with Gasteiger partial charge in [-0.3, -0.25) is 4.79 Å². The van der Waals surface area contributed by atoms with Gasteiger partial charge in [0.25, 0.3) is 0 Å². The van der Waals surface area contributed by atoms with E-state index in [4.69, 9.17) is 4.74 Å². The summed E-state index contributed by atoms with van der Waals surface area (Å²) in [5.41, 5.74) is 0.0434. The molecule has 11 heavy (non-hydrogen) atoms. The van der Waals surface area contributed by atoms with Crippen molar-refractivity contribution in [1.29, 1.82) is 0 Å². The molecule has 3 rings (SSSR count). The van der Waals surface area contributed by atoms with Gasteiger partial charge in [0.1, 0.15) is 5.60 Å². The molecule has 2 aliphatic carbocycles. The maximum absolute atomic E-state index is 10.9. The summed E-state index contributed by atoms with van der Waals surface area (Å²) < 4.78 is 5.42. The van der Waals surface area contributed by atoms with E-state index in [0.29, 0.717) is 6.42 Å². The van der Waals surface area contributed by atoms with Crippen LogP contribution in [0.3, 0.4) is 0 Å². The first kappa shape index (κ1) is 6.04.